The maximum Gasteiger partial charge on any atom is 0.192 e. The quantitative estimate of drug-likeness (QED) is 0.824. The first-order chi connectivity index (χ1) is 7.59. The van der Waals surface area contributed by atoms with E-state index >= 15 is 0 Å². The van der Waals surface area contributed by atoms with Crippen molar-refractivity contribution >= 4 is 5.96 Å². The van der Waals surface area contributed by atoms with Crippen LogP contribution in [0.3, 0.4) is 0 Å². The smallest absolute Gasteiger partial charge is 0.192 e. The van der Waals surface area contributed by atoms with Gasteiger partial charge in [0.05, 0.1) is 12.6 Å². The van der Waals surface area contributed by atoms with Gasteiger partial charge in [-0.15, -0.1) is 0 Å². The summed E-state index contributed by atoms with van der Waals surface area (Å²) in [6.07, 6.45) is 0. The Hall–Kier alpha value is -1.51. The Kier molecular flexibility index (Phi) is 2.86. The number of benzene rings is 1. The van der Waals surface area contributed by atoms with Crippen molar-refractivity contribution < 1.29 is 0 Å². The second-order valence-electron chi connectivity index (χ2n) is 4.63. The van der Waals surface area contributed by atoms with E-state index in [1.165, 1.54) is 11.1 Å². The average Bonchev–Trinajstić information content (AvgIpc) is 2.60. The number of aryl methyl sites for hydroxylation is 1. The molecule has 3 heteroatoms. The van der Waals surface area contributed by atoms with Crippen molar-refractivity contribution in [3.8, 4) is 0 Å². The normalized spacial score (nSPS) is 20.4. The summed E-state index contributed by atoms with van der Waals surface area (Å²) in [6.45, 7) is 7.18. The van der Waals surface area contributed by atoms with Gasteiger partial charge in [0.2, 0.25) is 0 Å². The molecule has 0 fully saturated rings. The van der Waals surface area contributed by atoms with E-state index in [0.717, 1.165) is 6.54 Å². The Bertz CT molecular complexity index is 409. The lowest BCUT2D eigenvalue weighted by molar-refractivity contribution is 0.290. The summed E-state index contributed by atoms with van der Waals surface area (Å²) in [6, 6.07) is 9.27. The number of nitrogens with two attached hydrogens (primary N) is 1. The topological polar surface area (TPSA) is 41.6 Å². The fraction of sp³-hybridized carbons (Fsp3) is 0.462. The van der Waals surface area contributed by atoms with Crippen molar-refractivity contribution in [3.05, 3.63) is 35.4 Å². The van der Waals surface area contributed by atoms with Crippen molar-refractivity contribution in [1.29, 1.82) is 0 Å². The molecule has 0 saturated heterocycles. The molecule has 1 unspecified atom stereocenters. The highest BCUT2D eigenvalue weighted by Crippen LogP contribution is 2.27. The predicted octanol–water partition coefficient (Wildman–Crippen LogP) is 2.07. The molecular weight excluding hydrogens is 198 g/mol. The lowest BCUT2D eigenvalue weighted by atomic mass is 10.0. The van der Waals surface area contributed by atoms with Gasteiger partial charge in [-0.2, -0.15) is 0 Å². The summed E-state index contributed by atoms with van der Waals surface area (Å²) in [4.78, 5) is 6.54. The lowest BCUT2D eigenvalue weighted by Gasteiger charge is -2.30. The van der Waals surface area contributed by atoms with E-state index in [1.54, 1.807) is 0 Å². The Balaban J connectivity index is 2.29. The summed E-state index contributed by atoms with van der Waals surface area (Å²) < 4.78 is 0. The molecule has 1 atom stereocenters. The van der Waals surface area contributed by atoms with Gasteiger partial charge < -0.3 is 10.6 Å². The first-order valence-electron chi connectivity index (χ1n) is 5.74. The maximum absolute atomic E-state index is 5.92. The molecule has 1 aromatic carbocycles. The fourth-order valence-electron chi connectivity index (χ4n) is 2.28. The number of nitrogens with zero attached hydrogens (tertiary/aromatic N) is 2. The zero-order valence-electron chi connectivity index (χ0n) is 10.1. The molecule has 1 aliphatic heterocycles. The molecule has 0 amide bonds. The van der Waals surface area contributed by atoms with E-state index in [1.807, 2.05) is 0 Å². The summed E-state index contributed by atoms with van der Waals surface area (Å²) in [5, 5.41) is 0. The van der Waals surface area contributed by atoms with Crippen molar-refractivity contribution in [3.63, 3.8) is 0 Å². The fourth-order valence-corrected chi connectivity index (χ4v) is 2.28. The van der Waals surface area contributed by atoms with Gasteiger partial charge in [0.15, 0.2) is 5.96 Å². The molecule has 86 valence electrons. The maximum atomic E-state index is 5.92. The van der Waals surface area contributed by atoms with Crippen LogP contribution in [-0.2, 0) is 0 Å². The van der Waals surface area contributed by atoms with Crippen LogP contribution in [0.1, 0.15) is 31.0 Å². The first-order valence-corrected chi connectivity index (χ1v) is 5.74. The first kappa shape index (κ1) is 11.0. The Labute approximate surface area is 97.0 Å². The number of aliphatic imine (C=N–C) groups is 1. The molecule has 16 heavy (non-hydrogen) atoms. The van der Waals surface area contributed by atoms with E-state index in [4.69, 9.17) is 5.73 Å². The van der Waals surface area contributed by atoms with Crippen LogP contribution in [0.5, 0.6) is 0 Å². The molecule has 0 saturated carbocycles. The molecule has 1 heterocycles. The van der Waals surface area contributed by atoms with E-state index in [-0.39, 0.29) is 0 Å². The van der Waals surface area contributed by atoms with Crippen LogP contribution in [0.4, 0.5) is 0 Å². The van der Waals surface area contributed by atoms with Crippen LogP contribution >= 0.6 is 0 Å². The second kappa shape index (κ2) is 4.16. The summed E-state index contributed by atoms with van der Waals surface area (Å²) >= 11 is 0. The highest BCUT2D eigenvalue weighted by atomic mass is 15.3. The number of hydrogen-bond donors (Lipinski definition) is 1. The number of rotatable bonds is 2. The van der Waals surface area contributed by atoms with E-state index in [9.17, 15) is 0 Å². The molecule has 1 aliphatic rings. The largest absolute Gasteiger partial charge is 0.370 e. The molecule has 0 aromatic heterocycles. The van der Waals surface area contributed by atoms with Crippen LogP contribution in [-0.4, -0.2) is 23.4 Å². The Morgan fingerprint density at radius 1 is 1.44 bits per heavy atom. The molecular formula is C13H19N3. The second-order valence-corrected chi connectivity index (χ2v) is 4.63. The molecule has 2 N–H and O–H groups in total. The Morgan fingerprint density at radius 3 is 2.81 bits per heavy atom. The van der Waals surface area contributed by atoms with Gasteiger partial charge in [0.25, 0.3) is 0 Å². The van der Waals surface area contributed by atoms with Gasteiger partial charge in [0.1, 0.15) is 0 Å². The van der Waals surface area contributed by atoms with Crippen molar-refractivity contribution in [2.75, 3.05) is 6.54 Å². The van der Waals surface area contributed by atoms with Crippen LogP contribution < -0.4 is 5.73 Å². The van der Waals surface area contributed by atoms with Gasteiger partial charge in [-0.25, -0.2) is 0 Å². The molecule has 2 rings (SSSR count). The van der Waals surface area contributed by atoms with Crippen LogP contribution in [0.15, 0.2) is 29.3 Å². The predicted molar refractivity (Wildman–Crippen MR) is 67.4 cm³/mol. The van der Waals surface area contributed by atoms with Crippen LogP contribution in [0.2, 0.25) is 0 Å². The van der Waals surface area contributed by atoms with E-state index in [2.05, 4.69) is 54.9 Å². The molecule has 3 nitrogen and oxygen atoms in total. The number of hydrogen-bond acceptors (Lipinski definition) is 3. The molecule has 0 bridgehead atoms. The zero-order chi connectivity index (χ0) is 11.7. The van der Waals surface area contributed by atoms with Gasteiger partial charge in [0, 0.05) is 6.04 Å². The lowest BCUT2D eigenvalue weighted by Crippen LogP contribution is -2.40. The molecule has 0 radical (unpaired) electrons. The SMILES string of the molecule is Cc1cccc(C2CN=C(N)N2C(C)C)c1. The summed E-state index contributed by atoms with van der Waals surface area (Å²) in [5.74, 6) is 0.668. The third-order valence-corrected chi connectivity index (χ3v) is 3.01. The zero-order valence-corrected chi connectivity index (χ0v) is 10.1. The van der Waals surface area contributed by atoms with Crippen molar-refractivity contribution in [2.45, 2.75) is 32.9 Å². The Morgan fingerprint density at radius 2 is 2.19 bits per heavy atom. The minimum absolute atomic E-state index is 0.305. The van der Waals surface area contributed by atoms with Gasteiger partial charge in [-0.05, 0) is 26.3 Å². The van der Waals surface area contributed by atoms with Crippen LogP contribution in [0.25, 0.3) is 0 Å². The highest BCUT2D eigenvalue weighted by Gasteiger charge is 2.29. The summed E-state index contributed by atoms with van der Waals surface area (Å²) in [7, 11) is 0. The molecule has 0 spiro atoms. The third-order valence-electron chi connectivity index (χ3n) is 3.01. The van der Waals surface area contributed by atoms with E-state index in [0.29, 0.717) is 18.0 Å². The van der Waals surface area contributed by atoms with Crippen molar-refractivity contribution in [2.24, 2.45) is 10.7 Å². The van der Waals surface area contributed by atoms with Gasteiger partial charge >= 0.3 is 0 Å². The van der Waals surface area contributed by atoms with Crippen LogP contribution in [0, 0.1) is 6.92 Å². The van der Waals surface area contributed by atoms with Gasteiger partial charge in [-0.3, -0.25) is 4.99 Å². The third kappa shape index (κ3) is 1.90. The number of guanidine groups is 1. The minimum atomic E-state index is 0.305. The monoisotopic (exact) mass is 217 g/mol. The summed E-state index contributed by atoms with van der Waals surface area (Å²) in [5.41, 5.74) is 8.51. The standard InChI is InChI=1S/C13H19N3/c1-9(2)16-12(8-15-13(16)14)11-6-4-5-10(3)7-11/h4-7,9,12H,8H2,1-3H3,(H2,14,15). The molecule has 1 aromatic rings. The van der Waals surface area contributed by atoms with E-state index < -0.39 is 0 Å². The minimum Gasteiger partial charge on any atom is -0.370 e. The van der Waals surface area contributed by atoms with Crippen molar-refractivity contribution in [1.82, 2.24) is 4.90 Å². The molecule has 0 aliphatic carbocycles. The highest BCUT2D eigenvalue weighted by molar-refractivity contribution is 5.80. The van der Waals surface area contributed by atoms with Gasteiger partial charge in [-0.1, -0.05) is 29.8 Å². The average molecular weight is 217 g/mol.